The maximum absolute atomic E-state index is 13.0. The summed E-state index contributed by atoms with van der Waals surface area (Å²) in [7, 11) is -3.85. The minimum absolute atomic E-state index is 0.0313. The Hall–Kier alpha value is -2.71. The maximum Gasteiger partial charge on any atom is 0.336 e. The molecule has 25 heavy (non-hydrogen) atoms. The monoisotopic (exact) mass is 358 g/mol. The Labute approximate surface area is 142 Å². The number of para-hydroxylation sites is 2. The highest BCUT2D eigenvalue weighted by molar-refractivity contribution is 7.92. The lowest BCUT2D eigenvalue weighted by Crippen LogP contribution is -2.42. The second-order valence-corrected chi connectivity index (χ2v) is 7.76. The zero-order chi connectivity index (χ0) is 17.9. The summed E-state index contributed by atoms with van der Waals surface area (Å²) in [5.74, 6) is 0. The number of aryl methyl sites for hydroxylation is 1. The minimum Gasteiger partial charge on any atom is -0.395 e. The Morgan fingerprint density at radius 2 is 1.72 bits per heavy atom. The van der Waals surface area contributed by atoms with Crippen LogP contribution in [0.4, 0.5) is 0 Å². The predicted octanol–water partition coefficient (Wildman–Crippen LogP) is 0.599. The summed E-state index contributed by atoms with van der Waals surface area (Å²) in [5, 5.41) is 9.33. The quantitative estimate of drug-likeness (QED) is 0.566. The van der Waals surface area contributed by atoms with Crippen molar-refractivity contribution in [2.45, 2.75) is 23.3 Å². The zero-order valence-electron chi connectivity index (χ0n) is 13.3. The number of fused-ring (bicyclic) bond motifs is 2. The molecule has 0 radical (unpaired) electrons. The van der Waals surface area contributed by atoms with Gasteiger partial charge in [-0.1, -0.05) is 18.2 Å². The van der Waals surface area contributed by atoms with Crippen molar-refractivity contribution in [1.82, 2.24) is 9.13 Å². The third-order valence-electron chi connectivity index (χ3n) is 4.45. The molecule has 0 aliphatic carbocycles. The molecule has 0 spiro atoms. The van der Waals surface area contributed by atoms with Gasteiger partial charge in [0.25, 0.3) is 5.56 Å². The van der Waals surface area contributed by atoms with Gasteiger partial charge in [-0.15, -0.1) is 0 Å². The van der Waals surface area contributed by atoms with E-state index in [9.17, 15) is 23.1 Å². The SMILES string of the molecule is Cc1cccc2c1-n1c(=O)n(CCO)c(=O)c3cccc(c31)S2(=O)=O. The fraction of sp³-hybridized carbons (Fsp3) is 0.176. The van der Waals surface area contributed by atoms with E-state index < -0.39 is 21.1 Å². The van der Waals surface area contributed by atoms with Crippen molar-refractivity contribution in [2.75, 3.05) is 6.61 Å². The summed E-state index contributed by atoms with van der Waals surface area (Å²) in [6.07, 6.45) is 0. The molecule has 0 unspecified atom stereocenters. The first-order chi connectivity index (χ1) is 11.9. The van der Waals surface area contributed by atoms with Crippen LogP contribution in [0, 0.1) is 6.92 Å². The third-order valence-corrected chi connectivity index (χ3v) is 6.26. The molecule has 0 bridgehead atoms. The molecule has 1 aliphatic heterocycles. The normalized spacial score (nSPS) is 14.5. The number of nitrogens with zero attached hydrogens (tertiary/aromatic N) is 2. The molecule has 1 N–H and O–H groups in total. The van der Waals surface area contributed by atoms with Gasteiger partial charge in [0, 0.05) is 0 Å². The molecular formula is C17H14N2O5S. The van der Waals surface area contributed by atoms with Gasteiger partial charge in [0.15, 0.2) is 0 Å². The molecule has 8 heteroatoms. The average molecular weight is 358 g/mol. The zero-order valence-corrected chi connectivity index (χ0v) is 14.1. The smallest absolute Gasteiger partial charge is 0.336 e. The van der Waals surface area contributed by atoms with Crippen molar-refractivity contribution < 1.29 is 13.5 Å². The van der Waals surface area contributed by atoms with E-state index in [4.69, 9.17) is 0 Å². The molecule has 0 fully saturated rings. The van der Waals surface area contributed by atoms with E-state index in [1.807, 2.05) is 0 Å². The van der Waals surface area contributed by atoms with Crippen molar-refractivity contribution in [3.8, 4) is 5.69 Å². The number of hydrogen-bond donors (Lipinski definition) is 1. The molecule has 0 amide bonds. The van der Waals surface area contributed by atoms with Crippen LogP contribution in [0.5, 0.6) is 0 Å². The standard InChI is InChI=1S/C17H14N2O5S/c1-10-4-2-6-12-14(10)19-15-11(5-3-7-13(15)25(12,23)24)16(21)18(8-9-20)17(19)22/h2-7,20H,8-9H2,1H3. The second kappa shape index (κ2) is 5.14. The van der Waals surface area contributed by atoms with E-state index in [0.717, 1.165) is 4.57 Å². The van der Waals surface area contributed by atoms with E-state index in [1.165, 1.54) is 28.8 Å². The molecule has 3 aromatic rings. The van der Waals surface area contributed by atoms with Gasteiger partial charge in [-0.25, -0.2) is 13.2 Å². The van der Waals surface area contributed by atoms with Crippen LogP contribution in [-0.2, 0) is 16.4 Å². The first-order valence-electron chi connectivity index (χ1n) is 7.64. The van der Waals surface area contributed by atoms with Gasteiger partial charge in [0.1, 0.15) is 0 Å². The fourth-order valence-corrected chi connectivity index (χ4v) is 5.06. The predicted molar refractivity (Wildman–Crippen MR) is 91.1 cm³/mol. The molecule has 4 rings (SSSR count). The van der Waals surface area contributed by atoms with E-state index in [1.54, 1.807) is 19.1 Å². The molecule has 0 saturated carbocycles. The van der Waals surface area contributed by atoms with Gasteiger partial charge in [0.05, 0.1) is 39.5 Å². The van der Waals surface area contributed by atoms with E-state index in [2.05, 4.69) is 0 Å². The van der Waals surface area contributed by atoms with Crippen LogP contribution in [0.3, 0.4) is 0 Å². The third kappa shape index (κ3) is 1.92. The van der Waals surface area contributed by atoms with Gasteiger partial charge in [-0.3, -0.25) is 13.9 Å². The Bertz CT molecular complexity index is 1270. The minimum atomic E-state index is -3.85. The lowest BCUT2D eigenvalue weighted by Gasteiger charge is -2.24. The van der Waals surface area contributed by atoms with Crippen LogP contribution >= 0.6 is 0 Å². The molecule has 2 heterocycles. The Morgan fingerprint density at radius 1 is 1.04 bits per heavy atom. The molecule has 2 aromatic carbocycles. The molecular weight excluding hydrogens is 344 g/mol. The highest BCUT2D eigenvalue weighted by Gasteiger charge is 2.33. The molecule has 1 aromatic heterocycles. The van der Waals surface area contributed by atoms with Gasteiger partial charge in [-0.05, 0) is 30.7 Å². The highest BCUT2D eigenvalue weighted by atomic mass is 32.2. The summed E-state index contributed by atoms with van der Waals surface area (Å²) in [6.45, 7) is 1.17. The number of hydrogen-bond acceptors (Lipinski definition) is 5. The molecule has 128 valence electrons. The number of aliphatic hydroxyl groups is 1. The molecule has 0 atom stereocenters. The van der Waals surface area contributed by atoms with Crippen molar-refractivity contribution in [3.63, 3.8) is 0 Å². The van der Waals surface area contributed by atoms with E-state index in [-0.39, 0.29) is 39.5 Å². The summed E-state index contributed by atoms with van der Waals surface area (Å²) >= 11 is 0. The van der Waals surface area contributed by atoms with E-state index in [0.29, 0.717) is 5.56 Å². The largest absolute Gasteiger partial charge is 0.395 e. The van der Waals surface area contributed by atoms with Crippen LogP contribution in [0.1, 0.15) is 5.56 Å². The van der Waals surface area contributed by atoms with Gasteiger partial charge in [0.2, 0.25) is 9.84 Å². The summed E-state index contributed by atoms with van der Waals surface area (Å²) < 4.78 is 28.2. The fourth-order valence-electron chi connectivity index (χ4n) is 3.35. The van der Waals surface area contributed by atoms with Crippen molar-refractivity contribution in [3.05, 3.63) is 62.8 Å². The van der Waals surface area contributed by atoms with Crippen molar-refractivity contribution in [2.24, 2.45) is 0 Å². The Balaban J connectivity index is 2.39. The average Bonchev–Trinajstić information content (AvgIpc) is 2.58. The van der Waals surface area contributed by atoms with Gasteiger partial charge >= 0.3 is 5.69 Å². The van der Waals surface area contributed by atoms with Crippen LogP contribution in [0.15, 0.2) is 55.8 Å². The van der Waals surface area contributed by atoms with Crippen molar-refractivity contribution >= 4 is 20.7 Å². The Morgan fingerprint density at radius 3 is 2.44 bits per heavy atom. The summed E-state index contributed by atoms with van der Waals surface area (Å²) in [4.78, 5) is 25.6. The number of benzene rings is 2. The molecule has 0 saturated heterocycles. The van der Waals surface area contributed by atoms with Crippen LogP contribution < -0.4 is 11.2 Å². The molecule has 1 aliphatic rings. The number of rotatable bonds is 2. The second-order valence-electron chi connectivity index (χ2n) is 5.88. The number of sulfone groups is 1. The molecule has 7 nitrogen and oxygen atoms in total. The number of aromatic nitrogens is 2. The van der Waals surface area contributed by atoms with Gasteiger partial charge < -0.3 is 5.11 Å². The maximum atomic E-state index is 13.0. The van der Waals surface area contributed by atoms with Crippen molar-refractivity contribution in [1.29, 1.82) is 0 Å². The topological polar surface area (TPSA) is 98.4 Å². The van der Waals surface area contributed by atoms with Gasteiger partial charge in [-0.2, -0.15) is 0 Å². The number of aliphatic hydroxyl groups excluding tert-OH is 1. The summed E-state index contributed by atoms with van der Waals surface area (Å²) in [5.41, 5.74) is -0.326. The van der Waals surface area contributed by atoms with Crippen LogP contribution in [-0.4, -0.2) is 29.3 Å². The lowest BCUT2D eigenvalue weighted by atomic mass is 10.1. The summed E-state index contributed by atoms with van der Waals surface area (Å²) in [6, 6.07) is 9.15. The lowest BCUT2D eigenvalue weighted by molar-refractivity contribution is 0.271. The van der Waals surface area contributed by atoms with Crippen LogP contribution in [0.2, 0.25) is 0 Å². The highest BCUT2D eigenvalue weighted by Crippen LogP contribution is 2.37. The van der Waals surface area contributed by atoms with E-state index >= 15 is 0 Å². The first kappa shape index (κ1) is 15.8. The Kier molecular flexibility index (Phi) is 3.25. The van der Waals surface area contributed by atoms with Crippen LogP contribution in [0.25, 0.3) is 16.6 Å². The first-order valence-corrected chi connectivity index (χ1v) is 9.12.